The van der Waals surface area contributed by atoms with Gasteiger partial charge in [0.25, 0.3) is 0 Å². The van der Waals surface area contributed by atoms with E-state index in [1.165, 1.54) is 17.9 Å². The van der Waals surface area contributed by atoms with Crippen molar-refractivity contribution in [1.29, 1.82) is 0 Å². The van der Waals surface area contributed by atoms with Gasteiger partial charge in [-0.2, -0.15) is 11.8 Å². The quantitative estimate of drug-likeness (QED) is 0.784. The third-order valence-electron chi connectivity index (χ3n) is 4.20. The average Bonchev–Trinajstić information content (AvgIpc) is 3.00. The second kappa shape index (κ2) is 6.66. The Hall–Kier alpha value is -0.420. The molecule has 104 valence electrons. The zero-order valence-electron chi connectivity index (χ0n) is 11.6. The van der Waals surface area contributed by atoms with Gasteiger partial charge in [-0.1, -0.05) is 13.8 Å². The first-order valence-corrected chi connectivity index (χ1v) is 8.28. The molecule has 0 aliphatic carbocycles. The van der Waals surface area contributed by atoms with Crippen molar-refractivity contribution in [2.75, 3.05) is 44.2 Å². The predicted molar refractivity (Wildman–Crippen MR) is 80.2 cm³/mol. The maximum absolute atomic E-state index is 6.06. The fraction of sp³-hybridized carbons (Fsp3) is 0.923. The molecule has 0 aromatic carbocycles. The fourth-order valence-electron chi connectivity index (χ4n) is 2.88. The molecular weight excluding hydrogens is 244 g/mol. The van der Waals surface area contributed by atoms with Crippen molar-refractivity contribution in [3.05, 3.63) is 0 Å². The highest BCUT2D eigenvalue weighted by Crippen LogP contribution is 2.30. The van der Waals surface area contributed by atoms with Crippen LogP contribution in [0.15, 0.2) is 4.99 Å². The fourth-order valence-corrected chi connectivity index (χ4v) is 4.20. The Morgan fingerprint density at radius 3 is 2.83 bits per heavy atom. The van der Waals surface area contributed by atoms with Crippen LogP contribution in [-0.4, -0.2) is 66.0 Å². The first kappa shape index (κ1) is 14.0. The number of nitrogens with zero attached hydrogens (tertiary/aromatic N) is 3. The van der Waals surface area contributed by atoms with Crippen molar-refractivity contribution < 1.29 is 0 Å². The minimum absolute atomic E-state index is 0.565. The number of hydrogen-bond acceptors (Lipinski definition) is 5. The Bertz CT molecular complexity index is 285. The van der Waals surface area contributed by atoms with Gasteiger partial charge in [0.05, 0.1) is 12.6 Å². The first-order chi connectivity index (χ1) is 8.76. The lowest BCUT2D eigenvalue weighted by Crippen LogP contribution is -2.48. The summed E-state index contributed by atoms with van der Waals surface area (Å²) in [5.74, 6) is 4.15. The van der Waals surface area contributed by atoms with E-state index in [9.17, 15) is 0 Å². The lowest BCUT2D eigenvalue weighted by molar-refractivity contribution is 0.218. The summed E-state index contributed by atoms with van der Waals surface area (Å²) >= 11 is 2.08. The standard InChI is InChI=1S/C13H26N4S/c1-3-16(4-2)6-7-17-12(9-15-13(17)14)11-5-8-18-10-11/h11-12H,3-10H2,1-2H3,(H2,14,15). The van der Waals surface area contributed by atoms with Gasteiger partial charge in [-0.15, -0.1) is 0 Å². The lowest BCUT2D eigenvalue weighted by atomic mass is 9.98. The molecule has 0 radical (unpaired) electrons. The predicted octanol–water partition coefficient (Wildman–Crippen LogP) is 1.08. The highest BCUT2D eigenvalue weighted by molar-refractivity contribution is 7.99. The SMILES string of the molecule is CCN(CC)CCN1C(N)=NCC1C1CCSC1. The van der Waals surface area contributed by atoms with Crippen molar-refractivity contribution in [3.8, 4) is 0 Å². The summed E-state index contributed by atoms with van der Waals surface area (Å²) in [7, 11) is 0. The molecule has 2 N–H and O–H groups in total. The van der Waals surface area contributed by atoms with E-state index in [1.54, 1.807) is 0 Å². The zero-order valence-corrected chi connectivity index (χ0v) is 12.5. The molecule has 18 heavy (non-hydrogen) atoms. The first-order valence-electron chi connectivity index (χ1n) is 7.12. The largest absolute Gasteiger partial charge is 0.370 e. The van der Waals surface area contributed by atoms with Crippen LogP contribution in [0.1, 0.15) is 20.3 Å². The molecule has 4 nitrogen and oxygen atoms in total. The maximum atomic E-state index is 6.06. The van der Waals surface area contributed by atoms with Crippen molar-refractivity contribution in [3.63, 3.8) is 0 Å². The van der Waals surface area contributed by atoms with E-state index in [4.69, 9.17) is 5.73 Å². The average molecular weight is 270 g/mol. The van der Waals surface area contributed by atoms with Crippen molar-refractivity contribution >= 4 is 17.7 Å². The Morgan fingerprint density at radius 2 is 2.22 bits per heavy atom. The van der Waals surface area contributed by atoms with Crippen LogP contribution in [0.3, 0.4) is 0 Å². The molecule has 2 heterocycles. The Balaban J connectivity index is 1.88. The number of nitrogens with two attached hydrogens (primary N) is 1. The van der Waals surface area contributed by atoms with E-state index < -0.39 is 0 Å². The highest BCUT2D eigenvalue weighted by atomic mass is 32.2. The Morgan fingerprint density at radius 1 is 1.44 bits per heavy atom. The number of hydrogen-bond donors (Lipinski definition) is 1. The molecule has 0 saturated carbocycles. The molecule has 2 atom stereocenters. The molecule has 0 aromatic rings. The normalized spacial score (nSPS) is 28.2. The van der Waals surface area contributed by atoms with Gasteiger partial charge in [0.15, 0.2) is 5.96 Å². The molecule has 2 rings (SSSR count). The molecule has 2 aliphatic rings. The summed E-state index contributed by atoms with van der Waals surface area (Å²) in [5.41, 5.74) is 6.06. The van der Waals surface area contributed by atoms with Crippen molar-refractivity contribution in [1.82, 2.24) is 9.80 Å². The van der Waals surface area contributed by atoms with Gasteiger partial charge in [0.2, 0.25) is 0 Å². The second-order valence-electron chi connectivity index (χ2n) is 5.11. The van der Waals surface area contributed by atoms with Gasteiger partial charge in [-0.05, 0) is 36.9 Å². The van der Waals surface area contributed by atoms with Crippen LogP contribution in [0.5, 0.6) is 0 Å². The van der Waals surface area contributed by atoms with Gasteiger partial charge in [0.1, 0.15) is 0 Å². The summed E-state index contributed by atoms with van der Waals surface area (Å²) in [5, 5.41) is 0. The van der Waals surface area contributed by atoms with Gasteiger partial charge in [-0.25, -0.2) is 0 Å². The van der Waals surface area contributed by atoms with Crippen LogP contribution in [-0.2, 0) is 0 Å². The number of aliphatic imine (C=N–C) groups is 1. The third kappa shape index (κ3) is 3.12. The van der Waals surface area contributed by atoms with E-state index >= 15 is 0 Å². The number of likely N-dealkylation sites (N-methyl/N-ethyl adjacent to an activating group) is 1. The second-order valence-corrected chi connectivity index (χ2v) is 6.26. The highest BCUT2D eigenvalue weighted by Gasteiger charge is 2.34. The van der Waals surface area contributed by atoms with Crippen LogP contribution in [0.2, 0.25) is 0 Å². The lowest BCUT2D eigenvalue weighted by Gasteiger charge is -2.32. The van der Waals surface area contributed by atoms with E-state index in [0.717, 1.165) is 44.6 Å². The Labute approximate surface area is 115 Å². The summed E-state index contributed by atoms with van der Waals surface area (Å²) < 4.78 is 0. The maximum Gasteiger partial charge on any atom is 0.191 e. The van der Waals surface area contributed by atoms with Crippen LogP contribution in [0.4, 0.5) is 0 Å². The smallest absolute Gasteiger partial charge is 0.191 e. The molecule has 5 heteroatoms. The molecule has 0 spiro atoms. The summed E-state index contributed by atoms with van der Waals surface area (Å²) in [6, 6.07) is 0.565. The monoisotopic (exact) mass is 270 g/mol. The van der Waals surface area contributed by atoms with E-state index in [0.29, 0.717) is 6.04 Å². The summed E-state index contributed by atoms with van der Waals surface area (Å²) in [4.78, 5) is 9.27. The van der Waals surface area contributed by atoms with E-state index in [-0.39, 0.29) is 0 Å². The summed E-state index contributed by atoms with van der Waals surface area (Å²) in [6.07, 6.45) is 1.33. The van der Waals surface area contributed by atoms with Crippen molar-refractivity contribution in [2.24, 2.45) is 16.6 Å². The van der Waals surface area contributed by atoms with Crippen LogP contribution in [0.25, 0.3) is 0 Å². The van der Waals surface area contributed by atoms with Crippen LogP contribution >= 0.6 is 11.8 Å². The molecular formula is C13H26N4S. The van der Waals surface area contributed by atoms with Crippen LogP contribution in [0, 0.1) is 5.92 Å². The van der Waals surface area contributed by atoms with Gasteiger partial charge >= 0.3 is 0 Å². The Kier molecular flexibility index (Phi) is 5.18. The van der Waals surface area contributed by atoms with Crippen molar-refractivity contribution in [2.45, 2.75) is 26.3 Å². The van der Waals surface area contributed by atoms with Gasteiger partial charge in [0, 0.05) is 13.1 Å². The van der Waals surface area contributed by atoms with Gasteiger partial charge in [-0.3, -0.25) is 4.99 Å². The molecule has 2 unspecified atom stereocenters. The van der Waals surface area contributed by atoms with Gasteiger partial charge < -0.3 is 15.5 Å². The van der Waals surface area contributed by atoms with E-state index in [2.05, 4.69) is 40.4 Å². The third-order valence-corrected chi connectivity index (χ3v) is 5.38. The number of rotatable bonds is 6. The minimum atomic E-state index is 0.565. The molecule has 1 fully saturated rings. The number of thioether (sulfide) groups is 1. The molecule has 2 aliphatic heterocycles. The molecule has 0 aromatic heterocycles. The molecule has 1 saturated heterocycles. The minimum Gasteiger partial charge on any atom is -0.370 e. The molecule has 0 amide bonds. The van der Waals surface area contributed by atoms with Crippen LogP contribution < -0.4 is 5.73 Å². The molecule has 0 bridgehead atoms. The summed E-state index contributed by atoms with van der Waals surface area (Å²) in [6.45, 7) is 9.71. The zero-order chi connectivity index (χ0) is 13.0. The van der Waals surface area contributed by atoms with E-state index in [1.807, 2.05) is 0 Å². The topological polar surface area (TPSA) is 44.9 Å². The number of guanidine groups is 1.